The van der Waals surface area contributed by atoms with Crippen molar-refractivity contribution in [2.45, 2.75) is 13.1 Å². The molecule has 0 aliphatic heterocycles. The molecule has 0 bridgehead atoms. The summed E-state index contributed by atoms with van der Waals surface area (Å²) in [5, 5.41) is 7.04. The molecule has 0 aliphatic rings. The maximum absolute atomic E-state index is 14.3. The van der Waals surface area contributed by atoms with Crippen LogP contribution in [-0.2, 0) is 17.9 Å². The van der Waals surface area contributed by atoms with Crippen molar-refractivity contribution in [3.8, 4) is 11.5 Å². The topological polar surface area (TPSA) is 69.0 Å². The second kappa shape index (κ2) is 10.2. The van der Waals surface area contributed by atoms with Gasteiger partial charge in [-0.1, -0.05) is 30.3 Å². The van der Waals surface area contributed by atoms with Crippen molar-refractivity contribution in [2.75, 3.05) is 0 Å². The summed E-state index contributed by atoms with van der Waals surface area (Å²) in [6.45, 7) is 1.06. The summed E-state index contributed by atoms with van der Waals surface area (Å²) in [4.78, 5) is 16.1. The van der Waals surface area contributed by atoms with E-state index in [2.05, 4.69) is 15.4 Å². The largest absolute Gasteiger partial charge is 0.453 e. The third-order valence-electron chi connectivity index (χ3n) is 4.61. The number of aromatic nitrogens is 3. The molecule has 0 unspecified atom stereocenters. The lowest BCUT2D eigenvalue weighted by molar-refractivity contribution is -0.116. The van der Waals surface area contributed by atoms with Crippen LogP contribution in [0, 0.1) is 5.82 Å². The highest BCUT2D eigenvalue weighted by atomic mass is 19.1. The monoisotopic (exact) mass is 428 g/mol. The van der Waals surface area contributed by atoms with Gasteiger partial charge in [0.15, 0.2) is 11.6 Å². The van der Waals surface area contributed by atoms with Crippen LogP contribution in [0.4, 0.5) is 4.39 Å². The van der Waals surface area contributed by atoms with Crippen molar-refractivity contribution in [3.05, 3.63) is 114 Å². The van der Waals surface area contributed by atoms with E-state index in [0.29, 0.717) is 24.4 Å². The molecule has 6 nitrogen and oxygen atoms in total. The fourth-order valence-corrected chi connectivity index (χ4v) is 3.08. The fraction of sp³-hybridized carbons (Fsp3) is 0.0800. The lowest BCUT2D eigenvalue weighted by Crippen LogP contribution is -2.20. The average Bonchev–Trinajstić information content (AvgIpc) is 3.32. The molecule has 1 N–H and O–H groups in total. The van der Waals surface area contributed by atoms with Crippen molar-refractivity contribution in [1.29, 1.82) is 0 Å². The molecule has 2 aromatic carbocycles. The Kier molecular flexibility index (Phi) is 6.67. The quantitative estimate of drug-likeness (QED) is 0.417. The molecule has 4 aromatic rings. The van der Waals surface area contributed by atoms with E-state index < -0.39 is 5.82 Å². The first kappa shape index (κ1) is 21.0. The van der Waals surface area contributed by atoms with E-state index >= 15 is 0 Å². The van der Waals surface area contributed by atoms with E-state index in [1.54, 1.807) is 36.7 Å². The van der Waals surface area contributed by atoms with E-state index in [1.165, 1.54) is 24.4 Å². The molecule has 0 fully saturated rings. The zero-order valence-corrected chi connectivity index (χ0v) is 17.2. The van der Waals surface area contributed by atoms with Gasteiger partial charge >= 0.3 is 0 Å². The Balaban J connectivity index is 1.31. The zero-order chi connectivity index (χ0) is 22.2. The first-order valence-electron chi connectivity index (χ1n) is 10.0. The molecule has 1 amide bonds. The summed E-state index contributed by atoms with van der Waals surface area (Å²) >= 11 is 0. The number of nitrogens with one attached hydrogen (secondary N) is 1. The molecule has 0 atom stereocenters. The SMILES string of the molecule is O=C(/C=C/c1ccc(Oc2cccnc2)c(F)c1)NCc1cccc(Cn2cccn2)c1. The van der Waals surface area contributed by atoms with E-state index in [1.807, 2.05) is 41.2 Å². The normalized spacial score (nSPS) is 10.9. The number of ether oxygens (including phenoxy) is 1. The third kappa shape index (κ3) is 5.89. The van der Waals surface area contributed by atoms with Crippen LogP contribution < -0.4 is 10.1 Å². The Hall–Kier alpha value is -4.26. The third-order valence-corrected chi connectivity index (χ3v) is 4.61. The molecule has 2 heterocycles. The molecule has 0 saturated heterocycles. The van der Waals surface area contributed by atoms with Gasteiger partial charge in [0.1, 0.15) is 5.75 Å². The van der Waals surface area contributed by atoms with Gasteiger partial charge < -0.3 is 10.1 Å². The molecule has 2 aromatic heterocycles. The van der Waals surface area contributed by atoms with Gasteiger partial charge in [-0.15, -0.1) is 0 Å². The molecular formula is C25H21FN4O2. The first-order valence-corrected chi connectivity index (χ1v) is 10.0. The van der Waals surface area contributed by atoms with Crippen LogP contribution in [0.25, 0.3) is 6.08 Å². The summed E-state index contributed by atoms with van der Waals surface area (Å²) in [6, 6.07) is 17.7. The second-order valence-corrected chi connectivity index (χ2v) is 7.06. The first-order chi connectivity index (χ1) is 15.7. The molecule has 32 heavy (non-hydrogen) atoms. The molecular weight excluding hydrogens is 407 g/mol. The maximum atomic E-state index is 14.3. The smallest absolute Gasteiger partial charge is 0.244 e. The minimum atomic E-state index is -0.523. The summed E-state index contributed by atoms with van der Waals surface area (Å²) in [5.41, 5.74) is 2.64. The molecule has 4 rings (SSSR count). The number of hydrogen-bond acceptors (Lipinski definition) is 4. The standard InChI is InChI=1S/C25H21FN4O2/c26-23-15-19(7-9-24(23)32-22-6-2-11-27-17-22)8-10-25(31)28-16-20-4-1-5-21(14-20)18-30-13-3-12-29-30/h1-15,17H,16,18H2,(H,28,31)/b10-8+. The van der Waals surface area contributed by atoms with Crippen molar-refractivity contribution in [1.82, 2.24) is 20.1 Å². The van der Waals surface area contributed by atoms with Crippen LogP contribution in [0.5, 0.6) is 11.5 Å². The Labute approximate surface area is 185 Å². The molecule has 160 valence electrons. The van der Waals surface area contributed by atoms with E-state index in [0.717, 1.165) is 11.1 Å². The Morgan fingerprint density at radius 1 is 1.06 bits per heavy atom. The number of hydrogen-bond donors (Lipinski definition) is 1. The van der Waals surface area contributed by atoms with Gasteiger partial charge in [-0.2, -0.15) is 5.10 Å². The van der Waals surface area contributed by atoms with Crippen LogP contribution in [-0.4, -0.2) is 20.7 Å². The Morgan fingerprint density at radius 3 is 2.75 bits per heavy atom. The van der Waals surface area contributed by atoms with Gasteiger partial charge in [0, 0.05) is 31.2 Å². The lowest BCUT2D eigenvalue weighted by Gasteiger charge is -2.07. The van der Waals surface area contributed by atoms with Gasteiger partial charge in [0.2, 0.25) is 5.91 Å². The molecule has 0 spiro atoms. The summed E-state index contributed by atoms with van der Waals surface area (Å²) in [5.74, 6) is -0.249. The Bertz CT molecular complexity index is 1210. The highest BCUT2D eigenvalue weighted by molar-refractivity contribution is 5.91. The van der Waals surface area contributed by atoms with Crippen molar-refractivity contribution in [2.24, 2.45) is 0 Å². The molecule has 7 heteroatoms. The maximum Gasteiger partial charge on any atom is 0.244 e. The summed E-state index contributed by atoms with van der Waals surface area (Å²) in [6.07, 6.45) is 9.69. The predicted octanol–water partition coefficient (Wildman–Crippen LogP) is 4.59. The van der Waals surface area contributed by atoms with Crippen LogP contribution in [0.1, 0.15) is 16.7 Å². The number of carbonyl (C=O) groups excluding carboxylic acids is 1. The van der Waals surface area contributed by atoms with Crippen molar-refractivity contribution < 1.29 is 13.9 Å². The number of benzene rings is 2. The van der Waals surface area contributed by atoms with Crippen LogP contribution in [0.2, 0.25) is 0 Å². The Morgan fingerprint density at radius 2 is 1.97 bits per heavy atom. The minimum Gasteiger partial charge on any atom is -0.453 e. The lowest BCUT2D eigenvalue weighted by atomic mass is 10.1. The van der Waals surface area contributed by atoms with Crippen LogP contribution in [0.3, 0.4) is 0 Å². The number of halogens is 1. The van der Waals surface area contributed by atoms with Crippen LogP contribution in [0.15, 0.2) is 91.5 Å². The molecule has 0 saturated carbocycles. The number of rotatable bonds is 8. The van der Waals surface area contributed by atoms with E-state index in [9.17, 15) is 9.18 Å². The zero-order valence-electron chi connectivity index (χ0n) is 17.2. The number of pyridine rings is 1. The van der Waals surface area contributed by atoms with Gasteiger partial charge in [0.25, 0.3) is 0 Å². The van der Waals surface area contributed by atoms with Crippen molar-refractivity contribution in [3.63, 3.8) is 0 Å². The highest BCUT2D eigenvalue weighted by Gasteiger charge is 2.06. The number of nitrogens with zero attached hydrogens (tertiary/aromatic N) is 3. The van der Waals surface area contributed by atoms with E-state index in [-0.39, 0.29) is 11.7 Å². The fourth-order valence-electron chi connectivity index (χ4n) is 3.08. The van der Waals surface area contributed by atoms with Gasteiger partial charge in [0.05, 0.1) is 12.7 Å². The number of amides is 1. The van der Waals surface area contributed by atoms with E-state index in [4.69, 9.17) is 4.74 Å². The predicted molar refractivity (Wildman–Crippen MR) is 119 cm³/mol. The second-order valence-electron chi connectivity index (χ2n) is 7.06. The van der Waals surface area contributed by atoms with Gasteiger partial charge in [-0.05, 0) is 53.1 Å². The molecule has 0 radical (unpaired) electrons. The van der Waals surface area contributed by atoms with Crippen molar-refractivity contribution >= 4 is 12.0 Å². The van der Waals surface area contributed by atoms with Crippen LogP contribution >= 0.6 is 0 Å². The van der Waals surface area contributed by atoms with Gasteiger partial charge in [-0.3, -0.25) is 14.5 Å². The molecule has 0 aliphatic carbocycles. The van der Waals surface area contributed by atoms with Gasteiger partial charge in [-0.25, -0.2) is 4.39 Å². The summed E-state index contributed by atoms with van der Waals surface area (Å²) < 4.78 is 21.6. The minimum absolute atomic E-state index is 0.0922. The number of carbonyl (C=O) groups is 1. The summed E-state index contributed by atoms with van der Waals surface area (Å²) in [7, 11) is 0. The average molecular weight is 428 g/mol. The highest BCUT2D eigenvalue weighted by Crippen LogP contribution is 2.24.